The second-order valence-corrected chi connectivity index (χ2v) is 5.76. The zero-order valence-corrected chi connectivity index (χ0v) is 9.74. The number of carbonyl (C=O) groups is 2. The number of thiophene rings is 1. The molecular formula is C8H9NO4S2. The molecule has 15 heavy (non-hydrogen) atoms. The number of rotatable bonds is 3. The fraction of sp³-hybridized carbons (Fsp3) is 0.250. The van der Waals surface area contributed by atoms with Gasteiger partial charge in [0.25, 0.3) is 5.91 Å². The number of Topliss-reactive ketones (excluding diaryl/α,β-unsaturated/α-hetero) is 1. The van der Waals surface area contributed by atoms with Crippen molar-refractivity contribution >= 4 is 33.1 Å². The van der Waals surface area contributed by atoms with E-state index in [-0.39, 0.29) is 10.7 Å². The van der Waals surface area contributed by atoms with Gasteiger partial charge in [-0.25, -0.2) is 13.1 Å². The number of sulfonamides is 1. The lowest BCUT2D eigenvalue weighted by atomic mass is 10.3. The minimum atomic E-state index is -3.56. The van der Waals surface area contributed by atoms with Gasteiger partial charge in [0.1, 0.15) is 0 Å². The van der Waals surface area contributed by atoms with Gasteiger partial charge in [0.2, 0.25) is 10.0 Å². The average molecular weight is 247 g/mol. The predicted octanol–water partition coefficient (Wildman–Crippen LogP) is 0.640. The first-order valence-corrected chi connectivity index (χ1v) is 6.63. The Labute approximate surface area is 91.2 Å². The van der Waals surface area contributed by atoms with Crippen LogP contribution in [0.1, 0.15) is 26.3 Å². The zero-order chi connectivity index (χ0) is 11.6. The molecule has 0 saturated heterocycles. The van der Waals surface area contributed by atoms with Crippen LogP contribution in [0.4, 0.5) is 0 Å². The number of hydrogen-bond acceptors (Lipinski definition) is 5. The summed E-state index contributed by atoms with van der Waals surface area (Å²) in [4.78, 5) is 22.9. The van der Waals surface area contributed by atoms with E-state index in [2.05, 4.69) is 0 Å². The fourth-order valence-corrected chi connectivity index (χ4v) is 2.18. The number of amides is 1. The third-order valence-corrected chi connectivity index (χ3v) is 3.20. The summed E-state index contributed by atoms with van der Waals surface area (Å²) in [5.41, 5.74) is 0. The lowest BCUT2D eigenvalue weighted by Crippen LogP contribution is -2.28. The third-order valence-electron chi connectivity index (χ3n) is 1.45. The standard InChI is InChI=1S/C8H9NO4S2/c1-5(10)6-3-4-7(14-6)8(11)9-15(2,12)13/h3-4H,1-2H3,(H,9,11). The summed E-state index contributed by atoms with van der Waals surface area (Å²) in [6.45, 7) is 1.38. The van der Waals surface area contributed by atoms with Crippen LogP contribution in [0.15, 0.2) is 12.1 Å². The molecule has 1 aromatic heterocycles. The van der Waals surface area contributed by atoms with Crippen molar-refractivity contribution in [1.82, 2.24) is 4.72 Å². The fourth-order valence-electron chi connectivity index (χ4n) is 0.868. The molecular weight excluding hydrogens is 238 g/mol. The zero-order valence-electron chi connectivity index (χ0n) is 8.10. The van der Waals surface area contributed by atoms with Crippen LogP contribution in [0.3, 0.4) is 0 Å². The first-order chi connectivity index (χ1) is 6.79. The van der Waals surface area contributed by atoms with Gasteiger partial charge in [-0.15, -0.1) is 11.3 Å². The van der Waals surface area contributed by atoms with Crippen LogP contribution in [0.5, 0.6) is 0 Å². The van der Waals surface area contributed by atoms with Crippen molar-refractivity contribution in [2.45, 2.75) is 6.92 Å². The molecule has 7 heteroatoms. The van der Waals surface area contributed by atoms with Crippen LogP contribution >= 0.6 is 11.3 Å². The van der Waals surface area contributed by atoms with Gasteiger partial charge in [-0.3, -0.25) is 9.59 Å². The van der Waals surface area contributed by atoms with E-state index in [1.165, 1.54) is 19.1 Å². The molecule has 0 atom stereocenters. The largest absolute Gasteiger partial charge is 0.294 e. The molecule has 0 aliphatic rings. The minimum absolute atomic E-state index is 0.154. The summed E-state index contributed by atoms with van der Waals surface area (Å²) in [5.74, 6) is -0.867. The molecule has 0 spiro atoms. The quantitative estimate of drug-likeness (QED) is 0.795. The molecule has 82 valence electrons. The number of hydrogen-bond donors (Lipinski definition) is 1. The highest BCUT2D eigenvalue weighted by Crippen LogP contribution is 2.16. The summed E-state index contributed by atoms with van der Waals surface area (Å²) in [6.07, 6.45) is 0.893. The Bertz CT molecular complexity index is 500. The molecule has 0 radical (unpaired) electrons. The summed E-state index contributed by atoms with van der Waals surface area (Å²) >= 11 is 0.964. The van der Waals surface area contributed by atoms with E-state index in [9.17, 15) is 18.0 Å². The van der Waals surface area contributed by atoms with E-state index >= 15 is 0 Å². The molecule has 5 nitrogen and oxygen atoms in total. The van der Waals surface area contributed by atoms with Crippen molar-refractivity contribution in [1.29, 1.82) is 0 Å². The Hall–Kier alpha value is -1.21. The van der Waals surface area contributed by atoms with Gasteiger partial charge in [-0.2, -0.15) is 0 Å². The van der Waals surface area contributed by atoms with Crippen LogP contribution in [0, 0.1) is 0 Å². The molecule has 0 aliphatic heterocycles. The van der Waals surface area contributed by atoms with Crippen molar-refractivity contribution in [2.24, 2.45) is 0 Å². The Morgan fingerprint density at radius 1 is 1.27 bits per heavy atom. The van der Waals surface area contributed by atoms with Gasteiger partial charge in [-0.1, -0.05) is 0 Å². The highest BCUT2D eigenvalue weighted by atomic mass is 32.2. The van der Waals surface area contributed by atoms with Crippen LogP contribution in [0.2, 0.25) is 0 Å². The molecule has 1 N–H and O–H groups in total. The van der Waals surface area contributed by atoms with Gasteiger partial charge < -0.3 is 0 Å². The van der Waals surface area contributed by atoms with Gasteiger partial charge in [-0.05, 0) is 19.1 Å². The molecule has 0 aliphatic carbocycles. The molecule has 1 heterocycles. The second-order valence-electron chi connectivity index (χ2n) is 2.92. The van der Waals surface area contributed by atoms with Crippen molar-refractivity contribution < 1.29 is 18.0 Å². The molecule has 0 bridgehead atoms. The second kappa shape index (κ2) is 4.11. The van der Waals surface area contributed by atoms with E-state index in [1.54, 1.807) is 0 Å². The Morgan fingerprint density at radius 2 is 1.80 bits per heavy atom. The Kier molecular flexibility index (Phi) is 3.25. The lowest BCUT2D eigenvalue weighted by molar-refractivity contribution is 0.0984. The highest BCUT2D eigenvalue weighted by molar-refractivity contribution is 7.89. The van der Waals surface area contributed by atoms with Crippen LogP contribution < -0.4 is 4.72 Å². The maximum atomic E-state index is 11.3. The van der Waals surface area contributed by atoms with Crippen LogP contribution in [0.25, 0.3) is 0 Å². The van der Waals surface area contributed by atoms with Gasteiger partial charge >= 0.3 is 0 Å². The third kappa shape index (κ3) is 3.45. The van der Waals surface area contributed by atoms with E-state index < -0.39 is 15.9 Å². The van der Waals surface area contributed by atoms with Gasteiger partial charge in [0.05, 0.1) is 16.0 Å². The van der Waals surface area contributed by atoms with E-state index in [1.807, 2.05) is 4.72 Å². The SMILES string of the molecule is CC(=O)c1ccc(C(=O)NS(C)(=O)=O)s1. The molecule has 0 saturated carbocycles. The number of nitrogens with one attached hydrogen (secondary N) is 1. The number of ketones is 1. The minimum Gasteiger partial charge on any atom is -0.294 e. The van der Waals surface area contributed by atoms with E-state index in [0.717, 1.165) is 17.6 Å². The highest BCUT2D eigenvalue weighted by Gasteiger charge is 2.14. The maximum Gasteiger partial charge on any atom is 0.274 e. The Balaban J connectivity index is 2.88. The normalized spacial score (nSPS) is 11.1. The molecule has 1 aromatic rings. The first-order valence-electron chi connectivity index (χ1n) is 3.92. The van der Waals surface area contributed by atoms with Gasteiger partial charge in [0, 0.05) is 0 Å². The summed E-state index contributed by atoms with van der Waals surface area (Å²) in [5, 5.41) is 0. The molecule has 1 rings (SSSR count). The van der Waals surface area contributed by atoms with Crippen LogP contribution in [-0.2, 0) is 10.0 Å². The monoisotopic (exact) mass is 247 g/mol. The lowest BCUT2D eigenvalue weighted by Gasteiger charge is -1.98. The van der Waals surface area contributed by atoms with Crippen molar-refractivity contribution in [3.8, 4) is 0 Å². The molecule has 0 aromatic carbocycles. The summed E-state index contributed by atoms with van der Waals surface area (Å²) < 4.78 is 23.3. The first kappa shape index (κ1) is 11.9. The average Bonchev–Trinajstić information content (AvgIpc) is 2.47. The maximum absolute atomic E-state index is 11.3. The molecule has 0 unspecified atom stereocenters. The van der Waals surface area contributed by atoms with Gasteiger partial charge in [0.15, 0.2) is 5.78 Å². The smallest absolute Gasteiger partial charge is 0.274 e. The Morgan fingerprint density at radius 3 is 2.20 bits per heavy atom. The summed E-state index contributed by atoms with van der Waals surface area (Å²) in [6, 6.07) is 2.91. The predicted molar refractivity (Wildman–Crippen MR) is 56.6 cm³/mol. The van der Waals surface area contributed by atoms with E-state index in [0.29, 0.717) is 4.88 Å². The van der Waals surface area contributed by atoms with Crippen molar-refractivity contribution in [2.75, 3.05) is 6.26 Å². The summed E-state index contributed by atoms with van der Waals surface area (Å²) in [7, 11) is -3.56. The van der Waals surface area contributed by atoms with Crippen molar-refractivity contribution in [3.05, 3.63) is 21.9 Å². The number of carbonyl (C=O) groups excluding carboxylic acids is 2. The molecule has 1 amide bonds. The van der Waals surface area contributed by atoms with E-state index in [4.69, 9.17) is 0 Å². The van der Waals surface area contributed by atoms with Crippen molar-refractivity contribution in [3.63, 3.8) is 0 Å². The molecule has 0 fully saturated rings. The topological polar surface area (TPSA) is 80.3 Å². The van der Waals surface area contributed by atoms with Crippen LogP contribution in [-0.4, -0.2) is 26.4 Å².